The van der Waals surface area contributed by atoms with Crippen LogP contribution in [0.4, 0.5) is 0 Å². The van der Waals surface area contributed by atoms with E-state index in [-0.39, 0.29) is 0 Å². The average molecular weight is 263 g/mol. The highest BCUT2D eigenvalue weighted by Crippen LogP contribution is 2.15. The van der Waals surface area contributed by atoms with E-state index in [1.54, 1.807) is 6.33 Å². The Balaban J connectivity index is 1.96. The second-order valence-corrected chi connectivity index (χ2v) is 4.51. The molecule has 0 saturated carbocycles. The normalized spacial score (nSPS) is 10.6. The van der Waals surface area contributed by atoms with Crippen LogP contribution in [0.1, 0.15) is 17.7 Å². The van der Waals surface area contributed by atoms with Crippen molar-refractivity contribution in [3.8, 4) is 6.07 Å². The molecule has 0 N–H and O–H groups in total. The Hall–Kier alpha value is -2.74. The summed E-state index contributed by atoms with van der Waals surface area (Å²) in [5.74, 6) is 0. The molecule has 3 rings (SSSR count). The van der Waals surface area contributed by atoms with E-state index >= 15 is 0 Å². The van der Waals surface area contributed by atoms with Gasteiger partial charge in [-0.15, -0.1) is 0 Å². The molecule has 5 heteroatoms. The van der Waals surface area contributed by atoms with Gasteiger partial charge < -0.3 is 4.57 Å². The van der Waals surface area contributed by atoms with Crippen LogP contribution in [-0.2, 0) is 13.0 Å². The lowest BCUT2D eigenvalue weighted by Crippen LogP contribution is -2.00. The standard InChI is InChI=1S/C15H13N5/c16-8-4-7-13-14-15(18-10-17-13)20(11-19-14)9-12-5-2-1-3-6-12/h1-3,5-6,10-11H,4,7,9H2. The van der Waals surface area contributed by atoms with E-state index in [9.17, 15) is 0 Å². The fraction of sp³-hybridized carbons (Fsp3) is 0.200. The topological polar surface area (TPSA) is 67.4 Å². The first-order valence-corrected chi connectivity index (χ1v) is 6.44. The minimum absolute atomic E-state index is 0.442. The maximum atomic E-state index is 8.68. The number of benzene rings is 1. The largest absolute Gasteiger partial charge is 0.311 e. The zero-order chi connectivity index (χ0) is 13.8. The predicted octanol–water partition coefficient (Wildman–Crippen LogP) is 2.33. The highest BCUT2D eigenvalue weighted by molar-refractivity contribution is 5.73. The summed E-state index contributed by atoms with van der Waals surface area (Å²) in [6, 6.07) is 12.3. The average Bonchev–Trinajstić information content (AvgIpc) is 2.90. The minimum Gasteiger partial charge on any atom is -0.311 e. The van der Waals surface area contributed by atoms with Crippen LogP contribution in [0.5, 0.6) is 0 Å². The highest BCUT2D eigenvalue weighted by atomic mass is 15.1. The fourth-order valence-electron chi connectivity index (χ4n) is 2.18. The molecular formula is C15H13N5. The summed E-state index contributed by atoms with van der Waals surface area (Å²) < 4.78 is 2.00. The Morgan fingerprint density at radius 1 is 1.10 bits per heavy atom. The van der Waals surface area contributed by atoms with Crippen LogP contribution in [-0.4, -0.2) is 19.5 Å². The molecule has 0 spiro atoms. The smallest absolute Gasteiger partial charge is 0.163 e. The maximum Gasteiger partial charge on any atom is 0.163 e. The molecule has 1 aromatic carbocycles. The molecule has 0 bridgehead atoms. The molecule has 0 saturated heterocycles. The fourth-order valence-corrected chi connectivity index (χ4v) is 2.18. The first-order chi connectivity index (χ1) is 9.88. The van der Waals surface area contributed by atoms with Crippen molar-refractivity contribution < 1.29 is 0 Å². The van der Waals surface area contributed by atoms with Gasteiger partial charge in [-0.3, -0.25) is 0 Å². The van der Waals surface area contributed by atoms with Crippen molar-refractivity contribution in [2.24, 2.45) is 0 Å². The molecule has 0 aliphatic rings. The number of hydrogen-bond donors (Lipinski definition) is 0. The molecule has 3 aromatic rings. The third-order valence-corrected chi connectivity index (χ3v) is 3.15. The first-order valence-electron chi connectivity index (χ1n) is 6.44. The number of aryl methyl sites for hydroxylation is 1. The molecule has 0 atom stereocenters. The Bertz CT molecular complexity index is 755. The number of imidazole rings is 1. The molecule has 2 aromatic heterocycles. The molecule has 98 valence electrons. The Morgan fingerprint density at radius 2 is 1.95 bits per heavy atom. The van der Waals surface area contributed by atoms with Crippen LogP contribution in [0.2, 0.25) is 0 Å². The second kappa shape index (κ2) is 5.49. The minimum atomic E-state index is 0.442. The van der Waals surface area contributed by atoms with E-state index < -0.39 is 0 Å². The maximum absolute atomic E-state index is 8.68. The van der Waals surface area contributed by atoms with E-state index in [2.05, 4.69) is 33.2 Å². The van der Waals surface area contributed by atoms with Crippen LogP contribution in [0.15, 0.2) is 43.0 Å². The van der Waals surface area contributed by atoms with E-state index in [1.165, 1.54) is 11.9 Å². The number of hydrogen-bond acceptors (Lipinski definition) is 4. The van der Waals surface area contributed by atoms with Gasteiger partial charge in [0.1, 0.15) is 11.8 Å². The quantitative estimate of drug-likeness (QED) is 0.724. The van der Waals surface area contributed by atoms with Crippen molar-refractivity contribution >= 4 is 11.2 Å². The SMILES string of the molecule is N#CCCc1ncnc2c1ncn2Cc1ccccc1. The van der Waals surface area contributed by atoms with Crippen LogP contribution in [0, 0.1) is 11.3 Å². The van der Waals surface area contributed by atoms with Gasteiger partial charge in [-0.05, 0) is 5.56 Å². The summed E-state index contributed by atoms with van der Waals surface area (Å²) in [5, 5.41) is 8.68. The van der Waals surface area contributed by atoms with Crippen molar-refractivity contribution in [3.63, 3.8) is 0 Å². The van der Waals surface area contributed by atoms with Gasteiger partial charge in [0.05, 0.1) is 24.6 Å². The number of nitrogens with zero attached hydrogens (tertiary/aromatic N) is 5. The highest BCUT2D eigenvalue weighted by Gasteiger charge is 2.09. The van der Waals surface area contributed by atoms with Gasteiger partial charge in [0.25, 0.3) is 0 Å². The monoisotopic (exact) mass is 263 g/mol. The van der Waals surface area contributed by atoms with Crippen molar-refractivity contribution in [2.45, 2.75) is 19.4 Å². The molecule has 0 amide bonds. The summed E-state index contributed by atoms with van der Waals surface area (Å²) in [6.07, 6.45) is 4.37. The van der Waals surface area contributed by atoms with Gasteiger partial charge in [-0.25, -0.2) is 15.0 Å². The summed E-state index contributed by atoms with van der Waals surface area (Å²) in [7, 11) is 0. The number of fused-ring (bicyclic) bond motifs is 1. The third kappa shape index (κ3) is 2.36. The number of aromatic nitrogens is 4. The zero-order valence-corrected chi connectivity index (χ0v) is 10.9. The van der Waals surface area contributed by atoms with Crippen LogP contribution in [0.25, 0.3) is 11.2 Å². The van der Waals surface area contributed by atoms with Gasteiger partial charge in [-0.1, -0.05) is 30.3 Å². The predicted molar refractivity (Wildman–Crippen MR) is 74.8 cm³/mol. The lowest BCUT2D eigenvalue weighted by atomic mass is 10.2. The molecule has 0 radical (unpaired) electrons. The number of rotatable bonds is 4. The Morgan fingerprint density at radius 3 is 2.75 bits per heavy atom. The number of nitriles is 1. The summed E-state index contributed by atoms with van der Waals surface area (Å²) in [4.78, 5) is 12.9. The van der Waals surface area contributed by atoms with Crippen LogP contribution >= 0.6 is 0 Å². The van der Waals surface area contributed by atoms with Gasteiger partial charge in [0.15, 0.2) is 5.65 Å². The van der Waals surface area contributed by atoms with E-state index in [4.69, 9.17) is 5.26 Å². The lowest BCUT2D eigenvalue weighted by Gasteiger charge is -2.04. The summed E-state index contributed by atoms with van der Waals surface area (Å²) in [5.41, 5.74) is 3.64. The Labute approximate surface area is 116 Å². The molecule has 0 fully saturated rings. The van der Waals surface area contributed by atoms with Crippen molar-refractivity contribution in [3.05, 3.63) is 54.2 Å². The van der Waals surface area contributed by atoms with Gasteiger partial charge in [0.2, 0.25) is 0 Å². The molecule has 0 aliphatic carbocycles. The Kier molecular flexibility index (Phi) is 3.38. The van der Waals surface area contributed by atoms with Crippen molar-refractivity contribution in [2.75, 3.05) is 0 Å². The zero-order valence-electron chi connectivity index (χ0n) is 10.9. The van der Waals surface area contributed by atoms with E-state index in [1.807, 2.05) is 22.8 Å². The molecule has 2 heterocycles. The molecule has 20 heavy (non-hydrogen) atoms. The summed E-state index contributed by atoms with van der Waals surface area (Å²) >= 11 is 0. The van der Waals surface area contributed by atoms with Gasteiger partial charge in [-0.2, -0.15) is 5.26 Å². The lowest BCUT2D eigenvalue weighted by molar-refractivity contribution is 0.812. The first kappa shape index (κ1) is 12.3. The molecular weight excluding hydrogens is 250 g/mol. The summed E-state index contributed by atoms with van der Waals surface area (Å²) in [6.45, 7) is 0.728. The van der Waals surface area contributed by atoms with Gasteiger partial charge >= 0.3 is 0 Å². The van der Waals surface area contributed by atoms with Crippen LogP contribution in [0.3, 0.4) is 0 Å². The molecule has 0 unspecified atom stereocenters. The van der Waals surface area contributed by atoms with Crippen molar-refractivity contribution in [1.29, 1.82) is 5.26 Å². The third-order valence-electron chi connectivity index (χ3n) is 3.15. The van der Waals surface area contributed by atoms with Crippen molar-refractivity contribution in [1.82, 2.24) is 19.5 Å². The molecule has 0 aliphatic heterocycles. The van der Waals surface area contributed by atoms with E-state index in [0.717, 1.165) is 23.4 Å². The second-order valence-electron chi connectivity index (χ2n) is 4.51. The van der Waals surface area contributed by atoms with Crippen LogP contribution < -0.4 is 0 Å². The molecule has 5 nitrogen and oxygen atoms in total. The van der Waals surface area contributed by atoms with Gasteiger partial charge in [0, 0.05) is 12.8 Å². The van der Waals surface area contributed by atoms with E-state index in [0.29, 0.717) is 12.8 Å².